The monoisotopic (exact) mass is 323 g/mol. The zero-order valence-corrected chi connectivity index (χ0v) is 12.3. The molecule has 5 nitrogen and oxygen atoms in total. The van der Waals surface area contributed by atoms with Crippen molar-refractivity contribution in [1.29, 1.82) is 0 Å². The van der Waals surface area contributed by atoms with E-state index in [4.69, 9.17) is 5.73 Å². The molecule has 3 rings (SSSR count). The minimum Gasteiger partial charge on any atom is -0.349 e. The van der Waals surface area contributed by atoms with Crippen molar-refractivity contribution < 1.29 is 0 Å². The smallest absolute Gasteiger partial charge is 0.243 e. The SMILES string of the molecule is NC1CCCCCC1Nc1nc2c(Br)cccn2n1. The average Bonchev–Trinajstić information content (AvgIpc) is 2.70. The summed E-state index contributed by atoms with van der Waals surface area (Å²) in [6.45, 7) is 0. The van der Waals surface area contributed by atoms with Crippen LogP contribution in [0.15, 0.2) is 22.8 Å². The Morgan fingerprint density at radius 2 is 2.16 bits per heavy atom. The molecule has 2 unspecified atom stereocenters. The second kappa shape index (κ2) is 5.46. The molecule has 2 aromatic heterocycles. The van der Waals surface area contributed by atoms with E-state index in [0.717, 1.165) is 23.0 Å². The van der Waals surface area contributed by atoms with Gasteiger partial charge in [-0.3, -0.25) is 0 Å². The van der Waals surface area contributed by atoms with Gasteiger partial charge in [0.2, 0.25) is 5.95 Å². The molecule has 2 atom stereocenters. The van der Waals surface area contributed by atoms with Crippen LogP contribution in [0.1, 0.15) is 32.1 Å². The average molecular weight is 324 g/mol. The summed E-state index contributed by atoms with van der Waals surface area (Å²) < 4.78 is 2.72. The van der Waals surface area contributed by atoms with Crippen LogP contribution in [0.25, 0.3) is 5.65 Å². The first-order chi connectivity index (χ1) is 9.24. The normalized spacial score (nSPS) is 24.3. The molecule has 1 saturated carbocycles. The van der Waals surface area contributed by atoms with Crippen LogP contribution in [0.5, 0.6) is 0 Å². The number of hydrogen-bond acceptors (Lipinski definition) is 4. The van der Waals surface area contributed by atoms with Gasteiger partial charge in [-0.2, -0.15) is 4.98 Å². The fourth-order valence-corrected chi connectivity index (χ4v) is 3.04. The molecule has 102 valence electrons. The highest BCUT2D eigenvalue weighted by atomic mass is 79.9. The van der Waals surface area contributed by atoms with Crippen molar-refractivity contribution in [3.05, 3.63) is 22.8 Å². The van der Waals surface area contributed by atoms with Crippen molar-refractivity contribution in [1.82, 2.24) is 14.6 Å². The summed E-state index contributed by atoms with van der Waals surface area (Å²) in [5.41, 5.74) is 7.04. The third-order valence-electron chi connectivity index (χ3n) is 3.70. The number of hydrogen-bond donors (Lipinski definition) is 2. The second-order valence-corrected chi connectivity index (χ2v) is 5.97. The molecular weight excluding hydrogens is 306 g/mol. The maximum Gasteiger partial charge on any atom is 0.243 e. The topological polar surface area (TPSA) is 68.2 Å². The van der Waals surface area contributed by atoms with E-state index in [0.29, 0.717) is 5.95 Å². The van der Waals surface area contributed by atoms with Crippen LogP contribution < -0.4 is 11.1 Å². The molecule has 6 heteroatoms. The van der Waals surface area contributed by atoms with Crippen LogP contribution in [0, 0.1) is 0 Å². The Bertz CT molecular complexity index is 567. The van der Waals surface area contributed by atoms with Gasteiger partial charge in [0.25, 0.3) is 0 Å². The fraction of sp³-hybridized carbons (Fsp3) is 0.538. The molecule has 2 aromatic rings. The third-order valence-corrected chi connectivity index (χ3v) is 4.32. The van der Waals surface area contributed by atoms with Crippen molar-refractivity contribution in [2.75, 3.05) is 5.32 Å². The van der Waals surface area contributed by atoms with E-state index in [9.17, 15) is 0 Å². The molecule has 0 amide bonds. The highest BCUT2D eigenvalue weighted by Crippen LogP contribution is 2.21. The number of anilines is 1. The molecule has 1 aliphatic carbocycles. The zero-order valence-electron chi connectivity index (χ0n) is 10.7. The predicted octanol–water partition coefficient (Wildman–Crippen LogP) is 2.56. The lowest BCUT2D eigenvalue weighted by atomic mass is 10.0. The lowest BCUT2D eigenvalue weighted by molar-refractivity contribution is 0.525. The molecule has 0 aliphatic heterocycles. The standard InChI is InChI=1S/C13H18BrN5/c14-9-5-4-8-19-12(9)17-13(18-19)16-11-7-3-1-2-6-10(11)15/h4-5,8,10-11H,1-3,6-7,15H2,(H,16,18). The molecule has 3 N–H and O–H groups in total. The molecule has 0 radical (unpaired) electrons. The summed E-state index contributed by atoms with van der Waals surface area (Å²) in [7, 11) is 0. The van der Waals surface area contributed by atoms with Gasteiger partial charge in [-0.15, -0.1) is 5.10 Å². The van der Waals surface area contributed by atoms with Crippen molar-refractivity contribution in [2.45, 2.75) is 44.2 Å². The number of rotatable bonds is 2. The van der Waals surface area contributed by atoms with Gasteiger partial charge in [-0.05, 0) is 40.9 Å². The van der Waals surface area contributed by atoms with E-state index in [1.54, 1.807) is 4.52 Å². The van der Waals surface area contributed by atoms with Crippen LogP contribution in [-0.2, 0) is 0 Å². The van der Waals surface area contributed by atoms with Gasteiger partial charge in [0.15, 0.2) is 5.65 Å². The van der Waals surface area contributed by atoms with Gasteiger partial charge >= 0.3 is 0 Å². The van der Waals surface area contributed by atoms with E-state index in [1.807, 2.05) is 18.3 Å². The van der Waals surface area contributed by atoms with Crippen molar-refractivity contribution in [3.8, 4) is 0 Å². The summed E-state index contributed by atoms with van der Waals surface area (Å²) in [4.78, 5) is 4.51. The summed E-state index contributed by atoms with van der Waals surface area (Å²) >= 11 is 3.48. The molecule has 0 spiro atoms. The molecule has 19 heavy (non-hydrogen) atoms. The minimum absolute atomic E-state index is 0.192. The fourth-order valence-electron chi connectivity index (χ4n) is 2.62. The first kappa shape index (κ1) is 12.9. The van der Waals surface area contributed by atoms with E-state index >= 15 is 0 Å². The highest BCUT2D eigenvalue weighted by molar-refractivity contribution is 9.10. The summed E-state index contributed by atoms with van der Waals surface area (Å²) in [6, 6.07) is 4.37. The van der Waals surface area contributed by atoms with Gasteiger partial charge in [0, 0.05) is 18.3 Å². The summed E-state index contributed by atoms with van der Waals surface area (Å²) in [5.74, 6) is 0.661. The van der Waals surface area contributed by atoms with E-state index in [-0.39, 0.29) is 12.1 Å². The van der Waals surface area contributed by atoms with Crippen LogP contribution in [-0.4, -0.2) is 26.7 Å². The Balaban J connectivity index is 1.82. The number of halogens is 1. The van der Waals surface area contributed by atoms with Gasteiger partial charge < -0.3 is 11.1 Å². The number of aromatic nitrogens is 3. The number of nitrogens with one attached hydrogen (secondary N) is 1. The first-order valence-corrected chi connectivity index (χ1v) is 7.56. The maximum atomic E-state index is 6.22. The molecule has 2 heterocycles. The molecule has 1 fully saturated rings. The van der Waals surface area contributed by atoms with Gasteiger partial charge in [0.05, 0.1) is 4.47 Å². The minimum atomic E-state index is 0.192. The molecule has 0 aromatic carbocycles. The summed E-state index contributed by atoms with van der Waals surface area (Å²) in [6.07, 6.45) is 7.79. The lowest BCUT2D eigenvalue weighted by Crippen LogP contribution is -2.39. The van der Waals surface area contributed by atoms with Gasteiger partial charge in [-0.1, -0.05) is 19.3 Å². The largest absolute Gasteiger partial charge is 0.349 e. The molecule has 0 saturated heterocycles. The molecular formula is C13H18BrN5. The van der Waals surface area contributed by atoms with Gasteiger partial charge in [-0.25, -0.2) is 4.52 Å². The van der Waals surface area contributed by atoms with E-state index in [1.165, 1.54) is 19.3 Å². The number of nitrogens with two attached hydrogens (primary N) is 1. The van der Waals surface area contributed by atoms with Crippen LogP contribution in [0.4, 0.5) is 5.95 Å². The van der Waals surface area contributed by atoms with Crippen LogP contribution in [0.3, 0.4) is 0 Å². The number of nitrogens with zero attached hydrogens (tertiary/aromatic N) is 3. The van der Waals surface area contributed by atoms with Crippen molar-refractivity contribution in [2.24, 2.45) is 5.73 Å². The Morgan fingerprint density at radius 3 is 3.00 bits per heavy atom. The maximum absolute atomic E-state index is 6.22. The van der Waals surface area contributed by atoms with E-state index in [2.05, 4.69) is 31.3 Å². The van der Waals surface area contributed by atoms with Crippen molar-refractivity contribution in [3.63, 3.8) is 0 Å². The predicted molar refractivity (Wildman–Crippen MR) is 79.2 cm³/mol. The zero-order chi connectivity index (χ0) is 13.2. The van der Waals surface area contributed by atoms with Gasteiger partial charge in [0.1, 0.15) is 0 Å². The quantitative estimate of drug-likeness (QED) is 0.833. The second-order valence-electron chi connectivity index (χ2n) is 5.11. The molecule has 1 aliphatic rings. The van der Waals surface area contributed by atoms with E-state index < -0.39 is 0 Å². The Labute approximate surface area is 120 Å². The third kappa shape index (κ3) is 2.74. The van der Waals surface area contributed by atoms with Crippen LogP contribution in [0.2, 0.25) is 0 Å². The Morgan fingerprint density at radius 1 is 1.32 bits per heavy atom. The summed E-state index contributed by atoms with van der Waals surface area (Å²) in [5, 5.41) is 7.84. The van der Waals surface area contributed by atoms with Crippen molar-refractivity contribution >= 4 is 27.5 Å². The molecule has 0 bridgehead atoms. The Hall–Kier alpha value is -1.14. The number of fused-ring (bicyclic) bond motifs is 1. The lowest BCUT2D eigenvalue weighted by Gasteiger charge is -2.21. The number of pyridine rings is 1. The highest BCUT2D eigenvalue weighted by Gasteiger charge is 2.21. The Kier molecular flexibility index (Phi) is 3.70. The van der Waals surface area contributed by atoms with Crippen LogP contribution >= 0.6 is 15.9 Å². The first-order valence-electron chi connectivity index (χ1n) is 6.77.